The average Bonchev–Trinajstić information content (AvgIpc) is 3.37. The van der Waals surface area contributed by atoms with E-state index in [2.05, 4.69) is 5.09 Å². The van der Waals surface area contributed by atoms with E-state index in [1.54, 1.807) is 52.9 Å². The maximum Gasteiger partial charge on any atom is 0.632 e. The number of hydrogen-bond donors (Lipinski definition) is 1. The fraction of sp³-hybridized carbons (Fsp3) is 0.615. The number of benzene rings is 1. The molecule has 6 atom stereocenters. The van der Waals surface area contributed by atoms with Crippen LogP contribution in [0.5, 0.6) is 5.75 Å². The molecular formula is C26H35BN3O12P. The van der Waals surface area contributed by atoms with Gasteiger partial charge in [0.2, 0.25) is 5.60 Å². The molecule has 0 unspecified atom stereocenters. The largest absolute Gasteiger partial charge is 0.632 e. The Balaban J connectivity index is 1.61. The lowest BCUT2D eigenvalue weighted by Gasteiger charge is -2.31. The van der Waals surface area contributed by atoms with Crippen molar-refractivity contribution in [3.05, 3.63) is 30.3 Å². The van der Waals surface area contributed by atoms with Crippen LogP contribution in [0.15, 0.2) is 30.3 Å². The second-order valence-corrected chi connectivity index (χ2v) is 12.8. The molecule has 3 saturated heterocycles. The monoisotopic (exact) mass is 623 g/mol. The van der Waals surface area contributed by atoms with Gasteiger partial charge in [0.05, 0.1) is 19.2 Å². The number of rotatable bonds is 10. The van der Waals surface area contributed by atoms with Crippen LogP contribution in [0.3, 0.4) is 0 Å². The molecule has 234 valence electrons. The molecule has 1 aromatic carbocycles. The molecule has 0 aromatic heterocycles. The van der Waals surface area contributed by atoms with Crippen molar-refractivity contribution in [2.75, 3.05) is 26.7 Å². The number of para-hydroxylation sites is 1. The molecule has 3 fully saturated rings. The van der Waals surface area contributed by atoms with Crippen LogP contribution in [0.1, 0.15) is 34.6 Å². The van der Waals surface area contributed by atoms with E-state index in [0.717, 1.165) is 0 Å². The van der Waals surface area contributed by atoms with E-state index in [4.69, 9.17) is 37.3 Å². The van der Waals surface area contributed by atoms with Gasteiger partial charge in [-0.05, 0) is 53.8 Å². The van der Waals surface area contributed by atoms with E-state index in [1.807, 2.05) is 6.07 Å². The fourth-order valence-corrected chi connectivity index (χ4v) is 6.24. The van der Waals surface area contributed by atoms with Crippen molar-refractivity contribution in [2.24, 2.45) is 0 Å². The van der Waals surface area contributed by atoms with Gasteiger partial charge in [0.25, 0.3) is 0 Å². The SMILES string of the molecule is CC(C)OC(=O)[C@H](C)N[P@](=O)(OC[C@@]1(C#N)O[C@@H](B2OC(=O)CN(C)CC(=O)O2)[C@@H]2OC(C)(C)O[C@@H]21)Oc1ccccc1. The maximum atomic E-state index is 14.1. The number of esters is 1. The van der Waals surface area contributed by atoms with E-state index in [9.17, 15) is 24.2 Å². The molecule has 3 aliphatic heterocycles. The van der Waals surface area contributed by atoms with E-state index < -0.39 is 81.1 Å². The second-order valence-electron chi connectivity index (χ2n) is 11.1. The van der Waals surface area contributed by atoms with Gasteiger partial charge in [-0.15, -0.1) is 0 Å². The molecule has 4 rings (SSSR count). The van der Waals surface area contributed by atoms with Gasteiger partial charge in [0.1, 0.15) is 36.7 Å². The highest BCUT2D eigenvalue weighted by atomic mass is 31.2. The first kappa shape index (κ1) is 32.9. The van der Waals surface area contributed by atoms with Gasteiger partial charge >= 0.3 is 32.8 Å². The molecule has 17 heteroatoms. The van der Waals surface area contributed by atoms with Gasteiger partial charge in [0.15, 0.2) is 11.8 Å². The third-order valence-electron chi connectivity index (χ3n) is 6.48. The van der Waals surface area contributed by atoms with Crippen molar-refractivity contribution < 1.29 is 56.3 Å². The summed E-state index contributed by atoms with van der Waals surface area (Å²) in [5.41, 5.74) is -2.01. The summed E-state index contributed by atoms with van der Waals surface area (Å²) in [5, 5.41) is 13.0. The van der Waals surface area contributed by atoms with Crippen molar-refractivity contribution in [3.63, 3.8) is 0 Å². The lowest BCUT2D eigenvalue weighted by atomic mass is 9.76. The fourth-order valence-electron chi connectivity index (χ4n) is 4.72. The van der Waals surface area contributed by atoms with Crippen LogP contribution in [-0.4, -0.2) is 98.4 Å². The van der Waals surface area contributed by atoms with Crippen molar-refractivity contribution in [1.82, 2.24) is 9.99 Å². The Hall–Kier alpha value is -3.03. The average molecular weight is 623 g/mol. The third kappa shape index (κ3) is 7.93. The lowest BCUT2D eigenvalue weighted by Crippen LogP contribution is -2.52. The van der Waals surface area contributed by atoms with E-state index in [0.29, 0.717) is 0 Å². The summed E-state index contributed by atoms with van der Waals surface area (Å²) >= 11 is 0. The summed E-state index contributed by atoms with van der Waals surface area (Å²) in [4.78, 5) is 38.8. The molecule has 43 heavy (non-hydrogen) atoms. The van der Waals surface area contributed by atoms with Gasteiger partial charge in [-0.25, -0.2) is 4.57 Å². The summed E-state index contributed by atoms with van der Waals surface area (Å²) in [7, 11) is -4.45. The predicted octanol–water partition coefficient (Wildman–Crippen LogP) is 1.36. The van der Waals surface area contributed by atoms with E-state index in [1.165, 1.54) is 24.0 Å². The Morgan fingerprint density at radius 2 is 1.77 bits per heavy atom. The first-order chi connectivity index (χ1) is 20.1. The van der Waals surface area contributed by atoms with Gasteiger partial charge in [-0.3, -0.25) is 23.8 Å². The van der Waals surface area contributed by atoms with Gasteiger partial charge in [-0.2, -0.15) is 10.3 Å². The topological polar surface area (TPSA) is 181 Å². The smallest absolute Gasteiger partial charge is 0.496 e. The van der Waals surface area contributed by atoms with Crippen molar-refractivity contribution in [1.29, 1.82) is 5.26 Å². The predicted molar refractivity (Wildman–Crippen MR) is 147 cm³/mol. The van der Waals surface area contributed by atoms with Crippen LogP contribution in [0.2, 0.25) is 0 Å². The Bertz CT molecular complexity index is 1270. The van der Waals surface area contributed by atoms with Crippen molar-refractivity contribution in [2.45, 2.75) is 76.4 Å². The zero-order valence-electron chi connectivity index (χ0n) is 24.7. The molecule has 0 spiro atoms. The minimum Gasteiger partial charge on any atom is -0.496 e. The quantitative estimate of drug-likeness (QED) is 0.224. The Kier molecular flexibility index (Phi) is 9.87. The maximum absolute atomic E-state index is 14.1. The molecular weight excluding hydrogens is 588 g/mol. The van der Waals surface area contributed by atoms with E-state index in [-0.39, 0.29) is 18.8 Å². The summed E-state index contributed by atoms with van der Waals surface area (Å²) in [6.45, 7) is 6.84. The lowest BCUT2D eigenvalue weighted by molar-refractivity contribution is -0.197. The first-order valence-corrected chi connectivity index (χ1v) is 15.2. The number of carbonyl (C=O) groups excluding carboxylic acids is 3. The molecule has 3 aliphatic rings. The molecule has 0 bridgehead atoms. The van der Waals surface area contributed by atoms with Gasteiger partial charge in [0, 0.05) is 0 Å². The van der Waals surface area contributed by atoms with Crippen LogP contribution in [-0.2, 0) is 51.7 Å². The van der Waals surface area contributed by atoms with Gasteiger partial charge in [-0.1, -0.05) is 18.2 Å². The summed E-state index contributed by atoms with van der Waals surface area (Å²) in [6.07, 6.45) is -2.67. The van der Waals surface area contributed by atoms with Gasteiger partial charge < -0.3 is 32.8 Å². The first-order valence-electron chi connectivity index (χ1n) is 13.6. The molecule has 1 N–H and O–H groups in total. The van der Waals surface area contributed by atoms with E-state index >= 15 is 0 Å². The molecule has 3 heterocycles. The number of ether oxygens (including phenoxy) is 4. The molecule has 15 nitrogen and oxygen atoms in total. The molecule has 1 aromatic rings. The summed E-state index contributed by atoms with van der Waals surface area (Å²) < 4.78 is 59.5. The molecule has 0 radical (unpaired) electrons. The standard InChI is InChI=1S/C26H35BN3O12P/c1-16(2)36-24(33)17(3)29-43(34,42-18-10-8-7-9-11-18)35-15-26(14-28)22-21(37-25(4,5)38-22)23(39-26)27-40-19(31)12-30(6)13-20(32)41-27/h7-11,16-17,21-23H,12-13,15H2,1-6H3,(H,29,34)/t17-,21+,22-,23+,26+,43-/m0/s1. The van der Waals surface area contributed by atoms with Crippen LogP contribution < -0.4 is 9.61 Å². The number of carbonyl (C=O) groups is 3. The minimum absolute atomic E-state index is 0.150. The number of nitrogens with one attached hydrogen (secondary N) is 1. The third-order valence-corrected chi connectivity index (χ3v) is 8.11. The highest BCUT2D eigenvalue weighted by molar-refractivity contribution is 7.52. The molecule has 0 aliphatic carbocycles. The summed E-state index contributed by atoms with van der Waals surface area (Å²) in [5.74, 6) is -3.19. The second kappa shape index (κ2) is 12.9. The zero-order valence-corrected chi connectivity index (χ0v) is 25.6. The van der Waals surface area contributed by atoms with Crippen molar-refractivity contribution in [3.8, 4) is 11.8 Å². The number of nitrogens with zero attached hydrogens (tertiary/aromatic N) is 2. The number of hydrogen-bond acceptors (Lipinski definition) is 14. The van der Waals surface area contributed by atoms with Crippen LogP contribution in [0.25, 0.3) is 0 Å². The van der Waals surface area contributed by atoms with Crippen molar-refractivity contribution >= 4 is 32.8 Å². The highest BCUT2D eigenvalue weighted by Crippen LogP contribution is 2.50. The number of likely N-dealkylation sites (N-methyl/N-ethyl adjacent to an activating group) is 1. The molecule has 0 saturated carbocycles. The van der Waals surface area contributed by atoms with Crippen LogP contribution >= 0.6 is 7.75 Å². The molecule has 0 amide bonds. The van der Waals surface area contributed by atoms with Crippen LogP contribution in [0, 0.1) is 11.3 Å². The Morgan fingerprint density at radius 1 is 1.14 bits per heavy atom. The van der Waals surface area contributed by atoms with Crippen LogP contribution in [0.4, 0.5) is 0 Å². The minimum atomic E-state index is -4.42. The highest BCUT2D eigenvalue weighted by Gasteiger charge is 2.69. The number of fused-ring (bicyclic) bond motifs is 1. The number of nitriles is 1. The summed E-state index contributed by atoms with van der Waals surface area (Å²) in [6, 6.07) is 7.62. The zero-order chi connectivity index (χ0) is 31.6. The Morgan fingerprint density at radius 3 is 2.35 bits per heavy atom. The normalized spacial score (nSPS) is 29.3. The Labute approximate surface area is 249 Å².